The highest BCUT2D eigenvalue weighted by Crippen LogP contribution is 2.36. The first kappa shape index (κ1) is 21.8. The van der Waals surface area contributed by atoms with Crippen LogP contribution in [0.5, 0.6) is 0 Å². The number of aromatic nitrogens is 1. The van der Waals surface area contributed by atoms with Gasteiger partial charge in [-0.25, -0.2) is 5.43 Å². The fourth-order valence-corrected chi connectivity index (χ4v) is 3.35. The van der Waals surface area contributed by atoms with Gasteiger partial charge in [-0.2, -0.15) is 13.5 Å². The molecular formula is C18H22ClN5O3S. The lowest BCUT2D eigenvalue weighted by atomic mass is 9.80. The fourth-order valence-electron chi connectivity index (χ4n) is 3.06. The normalized spacial score (nSPS) is 17.3. The summed E-state index contributed by atoms with van der Waals surface area (Å²) < 4.78 is 25.9. The van der Waals surface area contributed by atoms with E-state index in [2.05, 4.69) is 15.5 Å². The van der Waals surface area contributed by atoms with E-state index >= 15 is 0 Å². The monoisotopic (exact) mass is 423 g/mol. The summed E-state index contributed by atoms with van der Waals surface area (Å²) in [4.78, 5) is 4.53. The number of halogens is 1. The summed E-state index contributed by atoms with van der Waals surface area (Å²) in [5.41, 5.74) is 13.1. The third-order valence-electron chi connectivity index (χ3n) is 4.06. The molecular weight excluding hydrogens is 402 g/mol. The van der Waals surface area contributed by atoms with Gasteiger partial charge in [0.2, 0.25) is 5.96 Å². The third-order valence-corrected chi connectivity index (χ3v) is 4.41. The van der Waals surface area contributed by atoms with Gasteiger partial charge in [0.15, 0.2) is 0 Å². The van der Waals surface area contributed by atoms with Crippen molar-refractivity contribution in [1.29, 1.82) is 5.41 Å². The van der Waals surface area contributed by atoms with E-state index in [1.165, 1.54) is 0 Å². The van der Waals surface area contributed by atoms with Crippen LogP contribution in [0.2, 0.25) is 5.02 Å². The molecule has 0 aliphatic heterocycles. The van der Waals surface area contributed by atoms with Gasteiger partial charge in [-0.3, -0.25) is 14.9 Å². The number of nitrogens with two attached hydrogens (primary N) is 1. The van der Waals surface area contributed by atoms with E-state index in [0.29, 0.717) is 6.26 Å². The zero-order valence-electron chi connectivity index (χ0n) is 15.5. The highest BCUT2D eigenvalue weighted by Gasteiger charge is 2.28. The number of nitrogens with one attached hydrogen (secondary N) is 2. The Morgan fingerprint density at radius 1 is 1.36 bits per heavy atom. The molecule has 0 radical (unpaired) electrons. The van der Waals surface area contributed by atoms with Crippen LogP contribution in [0.15, 0.2) is 41.6 Å². The van der Waals surface area contributed by atoms with Crippen LogP contribution in [-0.2, 0) is 16.5 Å². The van der Waals surface area contributed by atoms with Crippen molar-refractivity contribution in [3.63, 3.8) is 0 Å². The predicted molar refractivity (Wildman–Crippen MR) is 111 cm³/mol. The van der Waals surface area contributed by atoms with Gasteiger partial charge in [0.1, 0.15) is 0 Å². The van der Waals surface area contributed by atoms with Gasteiger partial charge in [0.25, 0.3) is 10.1 Å². The molecule has 10 heteroatoms. The highest BCUT2D eigenvalue weighted by molar-refractivity contribution is 7.85. The Morgan fingerprint density at radius 3 is 2.61 bits per heavy atom. The van der Waals surface area contributed by atoms with Crippen LogP contribution in [0.25, 0.3) is 0 Å². The molecule has 5 N–H and O–H groups in total. The van der Waals surface area contributed by atoms with Gasteiger partial charge in [-0.05, 0) is 48.9 Å². The number of guanidine groups is 1. The van der Waals surface area contributed by atoms with Crippen LogP contribution < -0.4 is 11.2 Å². The zero-order chi connectivity index (χ0) is 20.9. The lowest BCUT2D eigenvalue weighted by molar-refractivity contribution is 0.490. The minimum Gasteiger partial charge on any atom is -0.369 e. The Morgan fingerprint density at radius 2 is 2.00 bits per heavy atom. The Labute approximate surface area is 169 Å². The number of hydrogen-bond acceptors (Lipinski definition) is 5. The molecule has 0 amide bonds. The molecule has 1 unspecified atom stereocenters. The molecule has 0 spiro atoms. The second-order valence-corrected chi connectivity index (χ2v) is 8.27. The van der Waals surface area contributed by atoms with E-state index in [4.69, 9.17) is 27.3 Å². The van der Waals surface area contributed by atoms with Crippen molar-refractivity contribution in [2.45, 2.75) is 25.7 Å². The molecule has 0 bridgehead atoms. The van der Waals surface area contributed by atoms with Gasteiger partial charge >= 0.3 is 0 Å². The summed E-state index contributed by atoms with van der Waals surface area (Å²) >= 11 is 6.36. The molecule has 28 heavy (non-hydrogen) atoms. The lowest BCUT2D eigenvalue weighted by Crippen LogP contribution is -2.29. The molecule has 1 heterocycles. The van der Waals surface area contributed by atoms with Crippen LogP contribution in [0.1, 0.15) is 34.7 Å². The first-order valence-corrected chi connectivity index (χ1v) is 10.6. The lowest BCUT2D eigenvalue weighted by Gasteiger charge is -2.27. The summed E-state index contributed by atoms with van der Waals surface area (Å²) in [5.74, 6) is 0.0264. The molecule has 1 aromatic carbocycles. The molecule has 8 nitrogen and oxygen atoms in total. The second-order valence-electron chi connectivity index (χ2n) is 6.39. The quantitative estimate of drug-likeness (QED) is 0.253. The fraction of sp³-hybridized carbons (Fsp3) is 0.278. The standard InChI is InChI=1S/C17H18ClN5.CH4O3S/c1-10-6-7-21-14-8-11(12-4-2-3-5-13(12)18)9-15(16(10)14)22-23-17(19)20;1-5(2,3)4/h2-7,11H,8-9H2,1H3,(H4,19,20,23);1H3,(H,2,3,4)/b22-15-;. The van der Waals surface area contributed by atoms with Gasteiger partial charge in [-0.1, -0.05) is 29.8 Å². The van der Waals surface area contributed by atoms with Crippen molar-refractivity contribution in [2.75, 3.05) is 6.26 Å². The SMILES string of the molecule is CS(=O)(=O)O.Cc1ccnc2c1/C(=N\NC(=N)N)CC(c1ccccc1Cl)C2. The third kappa shape index (κ3) is 6.29. The largest absolute Gasteiger partial charge is 0.369 e. The summed E-state index contributed by atoms with van der Waals surface area (Å²) in [6.45, 7) is 2.04. The van der Waals surface area contributed by atoms with Crippen LogP contribution in [0, 0.1) is 12.3 Å². The van der Waals surface area contributed by atoms with Gasteiger partial charge in [-0.15, -0.1) is 0 Å². The molecule has 1 aliphatic rings. The molecule has 1 aliphatic carbocycles. The van der Waals surface area contributed by atoms with E-state index < -0.39 is 10.1 Å². The molecule has 2 aromatic rings. The van der Waals surface area contributed by atoms with Crippen molar-refractivity contribution in [2.24, 2.45) is 10.8 Å². The van der Waals surface area contributed by atoms with Crippen LogP contribution >= 0.6 is 11.6 Å². The van der Waals surface area contributed by atoms with E-state index in [0.717, 1.165) is 46.0 Å². The average Bonchev–Trinajstić information content (AvgIpc) is 2.58. The van der Waals surface area contributed by atoms with Crippen LogP contribution in [0.3, 0.4) is 0 Å². The summed E-state index contributed by atoms with van der Waals surface area (Å²) in [6, 6.07) is 9.84. The van der Waals surface area contributed by atoms with Crippen molar-refractivity contribution in [3.05, 3.63) is 63.9 Å². The Bertz CT molecular complexity index is 1000. The number of fused-ring (bicyclic) bond motifs is 1. The maximum atomic E-state index is 9.19. The summed E-state index contributed by atoms with van der Waals surface area (Å²) in [7, 11) is -3.67. The van der Waals surface area contributed by atoms with E-state index in [1.807, 2.05) is 43.5 Å². The van der Waals surface area contributed by atoms with Crippen LogP contribution in [0.4, 0.5) is 0 Å². The highest BCUT2D eigenvalue weighted by atomic mass is 35.5. The smallest absolute Gasteiger partial charge is 0.261 e. The van der Waals surface area contributed by atoms with Crippen molar-refractivity contribution in [1.82, 2.24) is 10.4 Å². The Balaban J connectivity index is 0.000000500. The maximum absolute atomic E-state index is 9.19. The van der Waals surface area contributed by atoms with Crippen molar-refractivity contribution < 1.29 is 13.0 Å². The molecule has 150 valence electrons. The van der Waals surface area contributed by atoms with E-state index in [-0.39, 0.29) is 11.9 Å². The Kier molecular flexibility index (Phi) is 7.11. The van der Waals surface area contributed by atoms with Gasteiger partial charge < -0.3 is 5.73 Å². The molecule has 1 aromatic heterocycles. The number of hydrogen-bond donors (Lipinski definition) is 4. The first-order valence-electron chi connectivity index (χ1n) is 8.34. The Hall–Kier alpha value is -2.49. The number of pyridine rings is 1. The number of nitrogens with zero attached hydrogens (tertiary/aromatic N) is 2. The van der Waals surface area contributed by atoms with Crippen molar-refractivity contribution in [3.8, 4) is 0 Å². The number of rotatable bonds is 2. The zero-order valence-corrected chi connectivity index (χ0v) is 17.0. The second kappa shape index (κ2) is 9.13. The summed E-state index contributed by atoms with van der Waals surface area (Å²) in [6.07, 6.45) is 4.08. The van der Waals surface area contributed by atoms with Crippen molar-refractivity contribution >= 4 is 33.4 Å². The molecule has 3 rings (SSSR count). The molecule has 1 atom stereocenters. The number of aryl methyl sites for hydroxylation is 1. The van der Waals surface area contributed by atoms with Gasteiger partial charge in [0.05, 0.1) is 17.7 Å². The average molecular weight is 424 g/mol. The molecule has 0 saturated carbocycles. The predicted octanol–water partition coefficient (Wildman–Crippen LogP) is 2.46. The van der Waals surface area contributed by atoms with E-state index in [1.54, 1.807) is 0 Å². The number of benzene rings is 1. The molecule has 0 fully saturated rings. The number of hydrazone groups is 1. The van der Waals surface area contributed by atoms with Crippen LogP contribution in [-0.4, -0.2) is 35.9 Å². The topological polar surface area (TPSA) is 142 Å². The minimum atomic E-state index is -3.67. The first-order chi connectivity index (χ1) is 13.1. The molecule has 0 saturated heterocycles. The van der Waals surface area contributed by atoms with E-state index in [9.17, 15) is 8.42 Å². The maximum Gasteiger partial charge on any atom is 0.261 e. The van der Waals surface area contributed by atoms with Gasteiger partial charge in [0, 0.05) is 16.8 Å². The minimum absolute atomic E-state index is 0.180. The summed E-state index contributed by atoms with van der Waals surface area (Å²) in [5, 5.41) is 12.4.